The molecule has 1 aliphatic carbocycles. The summed E-state index contributed by atoms with van der Waals surface area (Å²) in [5.74, 6) is -0.336. The Hall–Kier alpha value is -2.99. The van der Waals surface area contributed by atoms with Crippen LogP contribution in [0.2, 0.25) is 0 Å². The van der Waals surface area contributed by atoms with Crippen molar-refractivity contribution in [3.63, 3.8) is 0 Å². The number of aromatic nitrogens is 1. The first-order chi connectivity index (χ1) is 14.1. The second-order valence-electron chi connectivity index (χ2n) is 7.28. The minimum absolute atomic E-state index is 0.146. The van der Waals surface area contributed by atoms with Crippen LogP contribution in [-0.4, -0.2) is 16.8 Å². The van der Waals surface area contributed by atoms with Gasteiger partial charge < -0.3 is 10.6 Å². The van der Waals surface area contributed by atoms with Crippen LogP contribution in [-0.2, 0) is 19.4 Å². The maximum Gasteiger partial charge on any atom is 0.256 e. The molecule has 148 valence electrons. The predicted molar refractivity (Wildman–Crippen MR) is 116 cm³/mol. The van der Waals surface area contributed by atoms with E-state index >= 15 is 0 Å². The van der Waals surface area contributed by atoms with Crippen molar-refractivity contribution in [3.05, 3.63) is 81.5 Å². The lowest BCUT2D eigenvalue weighted by molar-refractivity contribution is 0.0951. The van der Waals surface area contributed by atoms with Crippen molar-refractivity contribution < 1.29 is 9.59 Å². The summed E-state index contributed by atoms with van der Waals surface area (Å²) in [7, 11) is 0. The number of fused-ring (bicyclic) bond motifs is 1. The molecule has 0 saturated heterocycles. The number of carbonyl (C=O) groups excluding carboxylic acids is 2. The van der Waals surface area contributed by atoms with Crippen LogP contribution in [0.15, 0.2) is 48.8 Å². The largest absolute Gasteiger partial charge is 0.348 e. The van der Waals surface area contributed by atoms with Crippen molar-refractivity contribution in [1.82, 2.24) is 10.3 Å². The maximum atomic E-state index is 13.1. The fraction of sp³-hybridized carbons (Fsp3) is 0.261. The molecular formula is C23H23N3O2S. The van der Waals surface area contributed by atoms with E-state index in [1.165, 1.54) is 16.2 Å². The van der Waals surface area contributed by atoms with Crippen LogP contribution >= 0.6 is 11.3 Å². The number of benzene rings is 1. The van der Waals surface area contributed by atoms with Crippen LogP contribution in [0.3, 0.4) is 0 Å². The molecule has 0 bridgehead atoms. The Labute approximate surface area is 174 Å². The molecule has 3 aromatic rings. The van der Waals surface area contributed by atoms with E-state index in [9.17, 15) is 9.59 Å². The number of thiophene rings is 1. The molecule has 2 amide bonds. The number of carbonyl (C=O) groups is 2. The van der Waals surface area contributed by atoms with Gasteiger partial charge in [0, 0.05) is 29.4 Å². The van der Waals surface area contributed by atoms with Crippen LogP contribution in [0.5, 0.6) is 0 Å². The predicted octanol–water partition coefficient (Wildman–Crippen LogP) is 4.51. The number of anilines is 1. The van der Waals surface area contributed by atoms with Crippen LogP contribution in [0.1, 0.15) is 55.1 Å². The van der Waals surface area contributed by atoms with E-state index in [-0.39, 0.29) is 11.8 Å². The van der Waals surface area contributed by atoms with Crippen LogP contribution in [0, 0.1) is 6.92 Å². The van der Waals surface area contributed by atoms with E-state index < -0.39 is 0 Å². The lowest BCUT2D eigenvalue weighted by Gasteiger charge is -2.13. The van der Waals surface area contributed by atoms with Gasteiger partial charge in [-0.15, -0.1) is 11.3 Å². The van der Waals surface area contributed by atoms with Gasteiger partial charge in [-0.25, -0.2) is 0 Å². The smallest absolute Gasteiger partial charge is 0.256 e. The highest BCUT2D eigenvalue weighted by molar-refractivity contribution is 7.17. The molecule has 4 rings (SSSR count). The van der Waals surface area contributed by atoms with Crippen molar-refractivity contribution in [1.29, 1.82) is 0 Å². The molecule has 0 spiro atoms. The molecule has 6 heteroatoms. The highest BCUT2D eigenvalue weighted by atomic mass is 32.1. The van der Waals surface area contributed by atoms with Gasteiger partial charge in [-0.2, -0.15) is 0 Å². The zero-order valence-electron chi connectivity index (χ0n) is 16.3. The third-order valence-electron chi connectivity index (χ3n) is 5.12. The van der Waals surface area contributed by atoms with Gasteiger partial charge in [-0.1, -0.05) is 23.8 Å². The number of nitrogens with one attached hydrogen (secondary N) is 2. The van der Waals surface area contributed by atoms with Crippen LogP contribution in [0.4, 0.5) is 5.00 Å². The summed E-state index contributed by atoms with van der Waals surface area (Å²) in [4.78, 5) is 31.1. The number of pyridine rings is 1. The van der Waals surface area contributed by atoms with Gasteiger partial charge in [-0.3, -0.25) is 14.6 Å². The molecule has 2 N–H and O–H groups in total. The summed E-state index contributed by atoms with van der Waals surface area (Å²) < 4.78 is 0. The summed E-state index contributed by atoms with van der Waals surface area (Å²) in [5.41, 5.74) is 4.33. The molecule has 0 radical (unpaired) electrons. The Kier molecular flexibility index (Phi) is 5.71. The Bertz CT molecular complexity index is 1030. The molecule has 2 heterocycles. The Morgan fingerprint density at radius 1 is 1.07 bits per heavy atom. The summed E-state index contributed by atoms with van der Waals surface area (Å²) in [6.07, 6.45) is 7.47. The monoisotopic (exact) mass is 405 g/mol. The molecule has 0 atom stereocenters. The van der Waals surface area contributed by atoms with Gasteiger partial charge in [0.05, 0.1) is 5.56 Å². The third kappa shape index (κ3) is 4.38. The van der Waals surface area contributed by atoms with Gasteiger partial charge in [0.15, 0.2) is 0 Å². The first-order valence-electron chi connectivity index (χ1n) is 9.81. The molecule has 0 fully saturated rings. The summed E-state index contributed by atoms with van der Waals surface area (Å²) in [6.45, 7) is 2.39. The quantitative estimate of drug-likeness (QED) is 0.656. The molecule has 2 aromatic heterocycles. The second kappa shape index (κ2) is 8.57. The van der Waals surface area contributed by atoms with Gasteiger partial charge in [-0.05, 0) is 61.9 Å². The van der Waals surface area contributed by atoms with Gasteiger partial charge in [0.25, 0.3) is 11.8 Å². The van der Waals surface area contributed by atoms with Crippen molar-refractivity contribution in [2.24, 2.45) is 0 Å². The minimum Gasteiger partial charge on any atom is -0.348 e. The molecule has 0 aliphatic heterocycles. The summed E-state index contributed by atoms with van der Waals surface area (Å²) in [5, 5.41) is 6.62. The van der Waals surface area contributed by atoms with Crippen molar-refractivity contribution in [2.75, 3.05) is 5.32 Å². The van der Waals surface area contributed by atoms with Crippen molar-refractivity contribution in [3.8, 4) is 0 Å². The Balaban J connectivity index is 1.58. The highest BCUT2D eigenvalue weighted by Crippen LogP contribution is 2.38. The van der Waals surface area contributed by atoms with E-state index in [1.54, 1.807) is 24.5 Å². The summed E-state index contributed by atoms with van der Waals surface area (Å²) >= 11 is 1.53. The molecule has 0 saturated carbocycles. The highest BCUT2D eigenvalue weighted by Gasteiger charge is 2.26. The average Bonchev–Trinajstić information content (AvgIpc) is 3.11. The van der Waals surface area contributed by atoms with E-state index in [0.29, 0.717) is 22.7 Å². The third-order valence-corrected chi connectivity index (χ3v) is 6.32. The Morgan fingerprint density at radius 3 is 2.62 bits per heavy atom. The van der Waals surface area contributed by atoms with E-state index in [4.69, 9.17) is 0 Å². The lowest BCUT2D eigenvalue weighted by atomic mass is 9.95. The molecule has 1 aliphatic rings. The molecule has 29 heavy (non-hydrogen) atoms. The molecule has 1 aromatic carbocycles. The van der Waals surface area contributed by atoms with Crippen LogP contribution in [0.25, 0.3) is 0 Å². The Morgan fingerprint density at radius 2 is 1.86 bits per heavy atom. The van der Waals surface area contributed by atoms with Crippen molar-refractivity contribution in [2.45, 2.75) is 39.2 Å². The average molecular weight is 406 g/mol. The first-order valence-corrected chi connectivity index (χ1v) is 10.6. The SMILES string of the molecule is Cc1ccc(C(=O)Nc2sc3c(c2C(=O)NCc2cccnc2)CCCC3)cc1. The fourth-order valence-electron chi connectivity index (χ4n) is 3.55. The normalized spacial score (nSPS) is 12.9. The van der Waals surface area contributed by atoms with Gasteiger partial charge >= 0.3 is 0 Å². The zero-order valence-corrected chi connectivity index (χ0v) is 17.1. The van der Waals surface area contributed by atoms with Gasteiger partial charge in [0.2, 0.25) is 0 Å². The number of nitrogens with zero attached hydrogens (tertiary/aromatic N) is 1. The number of hydrogen-bond donors (Lipinski definition) is 2. The second-order valence-corrected chi connectivity index (χ2v) is 8.38. The fourth-order valence-corrected chi connectivity index (χ4v) is 4.83. The lowest BCUT2D eigenvalue weighted by Crippen LogP contribution is -2.25. The minimum atomic E-state index is -0.190. The molecule has 0 unspecified atom stereocenters. The molecular weight excluding hydrogens is 382 g/mol. The zero-order chi connectivity index (χ0) is 20.2. The number of amides is 2. The van der Waals surface area contributed by atoms with Crippen molar-refractivity contribution >= 4 is 28.2 Å². The standard InChI is InChI=1S/C23H23N3O2S/c1-15-8-10-17(11-9-15)21(27)26-23-20(18-6-2-3-7-19(18)29-23)22(28)25-14-16-5-4-12-24-13-16/h4-5,8-13H,2-3,6-7,14H2,1H3,(H,25,28)(H,26,27). The van der Waals surface area contributed by atoms with E-state index in [1.807, 2.05) is 31.2 Å². The number of aryl methyl sites for hydroxylation is 2. The number of hydrogen-bond acceptors (Lipinski definition) is 4. The first kappa shape index (κ1) is 19.3. The van der Waals surface area contributed by atoms with Crippen LogP contribution < -0.4 is 10.6 Å². The van der Waals surface area contributed by atoms with Gasteiger partial charge in [0.1, 0.15) is 5.00 Å². The van der Waals surface area contributed by atoms with E-state index in [0.717, 1.165) is 42.4 Å². The topological polar surface area (TPSA) is 71.1 Å². The summed E-state index contributed by atoms with van der Waals surface area (Å²) in [6, 6.07) is 11.2. The molecule has 5 nitrogen and oxygen atoms in total. The van der Waals surface area contributed by atoms with E-state index in [2.05, 4.69) is 15.6 Å². The number of rotatable bonds is 5. The maximum absolute atomic E-state index is 13.1.